The number of hydrogen-bond donors (Lipinski definition) is 1. The van der Waals surface area contributed by atoms with Crippen molar-refractivity contribution >= 4 is 29.5 Å². The van der Waals surface area contributed by atoms with Crippen molar-refractivity contribution in [3.05, 3.63) is 70.7 Å². The Hall–Kier alpha value is -3.06. The Morgan fingerprint density at radius 1 is 0.909 bits per heavy atom. The minimum absolute atomic E-state index is 0.161. The Bertz CT molecular complexity index is 1000. The average Bonchev–Trinajstić information content (AvgIpc) is 3.52. The summed E-state index contributed by atoms with van der Waals surface area (Å²) in [5, 5.41) is 3.50. The average molecular weight is 470 g/mol. The first-order valence-corrected chi connectivity index (χ1v) is 11.7. The fraction of sp³-hybridized carbons (Fsp3) is 0.400. The van der Waals surface area contributed by atoms with Crippen LogP contribution in [0.3, 0.4) is 0 Å². The summed E-state index contributed by atoms with van der Waals surface area (Å²) in [6.45, 7) is 1.44. The van der Waals surface area contributed by atoms with E-state index in [0.717, 1.165) is 24.0 Å². The number of nitrogens with zero attached hydrogens (tertiary/aromatic N) is 2. The summed E-state index contributed by atoms with van der Waals surface area (Å²) in [6.07, 6.45) is 2.16. The van der Waals surface area contributed by atoms with Gasteiger partial charge in [-0.05, 0) is 42.9 Å². The molecule has 0 unspecified atom stereocenters. The molecule has 2 aromatic carbocycles. The number of amides is 3. The van der Waals surface area contributed by atoms with Crippen molar-refractivity contribution in [2.45, 2.75) is 50.9 Å². The number of hydrogen-bond acceptors (Lipinski definition) is 4. The van der Waals surface area contributed by atoms with Crippen LogP contribution in [0.2, 0.25) is 5.02 Å². The van der Waals surface area contributed by atoms with Crippen molar-refractivity contribution in [3.63, 3.8) is 0 Å². The molecule has 1 N–H and O–H groups in total. The van der Waals surface area contributed by atoms with Gasteiger partial charge in [0.05, 0.1) is 0 Å². The Morgan fingerprint density at radius 2 is 1.58 bits per heavy atom. The Balaban J connectivity index is 1.35. The molecule has 0 bridgehead atoms. The first kappa shape index (κ1) is 23.1. The van der Waals surface area contributed by atoms with Gasteiger partial charge in [-0.1, -0.05) is 60.1 Å². The monoisotopic (exact) mass is 469 g/mol. The first-order valence-electron chi connectivity index (χ1n) is 11.3. The molecule has 2 fully saturated rings. The van der Waals surface area contributed by atoms with Crippen molar-refractivity contribution < 1.29 is 19.1 Å². The van der Waals surface area contributed by atoms with Crippen LogP contribution in [-0.4, -0.2) is 52.9 Å². The minimum atomic E-state index is -0.592. The maximum Gasteiger partial charge on any atom is 0.410 e. The molecule has 0 spiro atoms. The lowest BCUT2D eigenvalue weighted by Crippen LogP contribution is -2.52. The van der Waals surface area contributed by atoms with E-state index in [0.29, 0.717) is 37.5 Å². The Morgan fingerprint density at radius 3 is 2.33 bits per heavy atom. The fourth-order valence-electron chi connectivity index (χ4n) is 4.48. The second-order valence-corrected chi connectivity index (χ2v) is 8.80. The zero-order valence-electron chi connectivity index (χ0n) is 18.4. The number of likely N-dealkylation sites (tertiary alicyclic amines) is 2. The van der Waals surface area contributed by atoms with Crippen LogP contribution in [0.25, 0.3) is 0 Å². The van der Waals surface area contributed by atoms with Crippen LogP contribution in [0, 0.1) is 0 Å². The van der Waals surface area contributed by atoms with E-state index in [1.165, 1.54) is 4.90 Å². The molecular formula is C25H28ClN3O4. The largest absolute Gasteiger partial charge is 0.445 e. The van der Waals surface area contributed by atoms with Crippen molar-refractivity contribution in [1.82, 2.24) is 15.1 Å². The number of rotatable bonds is 6. The minimum Gasteiger partial charge on any atom is -0.445 e. The van der Waals surface area contributed by atoms with Crippen LogP contribution in [0.4, 0.5) is 4.79 Å². The predicted octanol–water partition coefficient (Wildman–Crippen LogP) is 3.75. The SMILES string of the molecule is O=C(NCc1ccccc1Cl)[C@@H]1CCCN1C(=O)[C@@H]1CCCN1C(=O)OCc1ccccc1. The van der Waals surface area contributed by atoms with Crippen LogP contribution >= 0.6 is 11.6 Å². The van der Waals surface area contributed by atoms with Gasteiger partial charge < -0.3 is 15.0 Å². The van der Waals surface area contributed by atoms with Crippen LogP contribution in [0.5, 0.6) is 0 Å². The number of ether oxygens (including phenoxy) is 1. The van der Waals surface area contributed by atoms with Gasteiger partial charge in [-0.3, -0.25) is 14.5 Å². The van der Waals surface area contributed by atoms with Gasteiger partial charge in [0.25, 0.3) is 0 Å². The smallest absolute Gasteiger partial charge is 0.410 e. The molecule has 0 aliphatic carbocycles. The molecule has 3 amide bonds. The number of halogens is 1. The zero-order valence-corrected chi connectivity index (χ0v) is 19.2. The summed E-state index contributed by atoms with van der Waals surface area (Å²) in [5.74, 6) is -0.378. The summed E-state index contributed by atoms with van der Waals surface area (Å²) in [7, 11) is 0. The van der Waals surface area contributed by atoms with E-state index in [1.54, 1.807) is 11.0 Å². The molecule has 7 nitrogen and oxygen atoms in total. The normalized spacial score (nSPS) is 20.0. The van der Waals surface area contributed by atoms with Crippen LogP contribution in [-0.2, 0) is 27.5 Å². The quantitative estimate of drug-likeness (QED) is 0.698. The van der Waals surface area contributed by atoms with E-state index in [4.69, 9.17) is 16.3 Å². The molecule has 174 valence electrons. The molecule has 2 atom stereocenters. The van der Waals surface area contributed by atoms with Gasteiger partial charge >= 0.3 is 6.09 Å². The molecular weight excluding hydrogens is 442 g/mol. The third-order valence-electron chi connectivity index (χ3n) is 6.23. The molecule has 0 saturated carbocycles. The molecule has 2 heterocycles. The van der Waals surface area contributed by atoms with Crippen molar-refractivity contribution in [3.8, 4) is 0 Å². The van der Waals surface area contributed by atoms with Crippen molar-refractivity contribution in [2.75, 3.05) is 13.1 Å². The van der Waals surface area contributed by atoms with E-state index >= 15 is 0 Å². The number of carbonyl (C=O) groups excluding carboxylic acids is 3. The van der Waals surface area contributed by atoms with E-state index in [1.807, 2.05) is 48.5 Å². The Labute approximate surface area is 198 Å². The molecule has 2 saturated heterocycles. The lowest BCUT2D eigenvalue weighted by Gasteiger charge is -2.30. The maximum absolute atomic E-state index is 13.4. The molecule has 0 radical (unpaired) electrons. The predicted molar refractivity (Wildman–Crippen MR) is 124 cm³/mol. The fourth-order valence-corrected chi connectivity index (χ4v) is 4.68. The summed E-state index contributed by atoms with van der Waals surface area (Å²) in [4.78, 5) is 42.1. The summed E-state index contributed by atoms with van der Waals surface area (Å²) in [5.41, 5.74) is 1.72. The van der Waals surface area contributed by atoms with E-state index in [2.05, 4.69) is 5.32 Å². The highest BCUT2D eigenvalue weighted by molar-refractivity contribution is 6.31. The third kappa shape index (κ3) is 5.47. The molecule has 33 heavy (non-hydrogen) atoms. The number of carbonyl (C=O) groups is 3. The van der Waals surface area contributed by atoms with Gasteiger partial charge in [0.1, 0.15) is 18.7 Å². The van der Waals surface area contributed by atoms with E-state index in [9.17, 15) is 14.4 Å². The van der Waals surface area contributed by atoms with Gasteiger partial charge in [-0.15, -0.1) is 0 Å². The molecule has 2 aromatic rings. The molecule has 2 aliphatic rings. The summed E-state index contributed by atoms with van der Waals surface area (Å²) >= 11 is 6.18. The maximum atomic E-state index is 13.4. The van der Waals surface area contributed by atoms with Crippen LogP contribution in [0.1, 0.15) is 36.8 Å². The highest BCUT2D eigenvalue weighted by Crippen LogP contribution is 2.26. The third-order valence-corrected chi connectivity index (χ3v) is 6.60. The molecule has 8 heteroatoms. The summed E-state index contributed by atoms with van der Waals surface area (Å²) < 4.78 is 5.45. The van der Waals surface area contributed by atoms with Crippen LogP contribution in [0.15, 0.2) is 54.6 Å². The topological polar surface area (TPSA) is 79.0 Å². The highest BCUT2D eigenvalue weighted by Gasteiger charge is 2.42. The van der Waals surface area contributed by atoms with Crippen LogP contribution < -0.4 is 5.32 Å². The van der Waals surface area contributed by atoms with Crippen molar-refractivity contribution in [1.29, 1.82) is 0 Å². The Kier molecular flexibility index (Phi) is 7.50. The number of benzene rings is 2. The molecule has 2 aliphatic heterocycles. The van der Waals surface area contributed by atoms with Gasteiger partial charge in [0, 0.05) is 24.7 Å². The first-order chi connectivity index (χ1) is 16.0. The van der Waals surface area contributed by atoms with Gasteiger partial charge in [0.15, 0.2) is 0 Å². The van der Waals surface area contributed by atoms with E-state index < -0.39 is 18.2 Å². The standard InChI is InChI=1S/C25H28ClN3O4/c26-20-11-5-4-10-19(20)16-27-23(30)21-12-6-14-28(21)24(31)22-13-7-15-29(22)25(32)33-17-18-8-2-1-3-9-18/h1-5,8-11,21-22H,6-7,12-17H2,(H,27,30)/t21-,22-/m0/s1. The van der Waals surface area contributed by atoms with E-state index in [-0.39, 0.29) is 18.4 Å². The lowest BCUT2D eigenvalue weighted by atomic mass is 10.1. The van der Waals surface area contributed by atoms with Crippen molar-refractivity contribution in [2.24, 2.45) is 0 Å². The highest BCUT2D eigenvalue weighted by atomic mass is 35.5. The number of nitrogens with one attached hydrogen (secondary N) is 1. The summed E-state index contributed by atoms with van der Waals surface area (Å²) in [6, 6.07) is 15.6. The zero-order chi connectivity index (χ0) is 23.2. The second kappa shape index (κ2) is 10.7. The van der Waals surface area contributed by atoms with Gasteiger partial charge in [-0.2, -0.15) is 0 Å². The lowest BCUT2D eigenvalue weighted by molar-refractivity contribution is -0.141. The van der Waals surface area contributed by atoms with Gasteiger partial charge in [-0.25, -0.2) is 4.79 Å². The second-order valence-electron chi connectivity index (χ2n) is 8.39. The molecule has 4 rings (SSSR count). The van der Waals surface area contributed by atoms with Gasteiger partial charge in [0.2, 0.25) is 11.8 Å². The molecule has 0 aromatic heterocycles.